The first-order valence-corrected chi connectivity index (χ1v) is 8.59. The van der Waals surface area contributed by atoms with Gasteiger partial charge in [0.15, 0.2) is 0 Å². The third kappa shape index (κ3) is 5.13. The maximum Gasteiger partial charge on any atom is 0.317 e. The summed E-state index contributed by atoms with van der Waals surface area (Å²) in [6.07, 6.45) is 3.93. The van der Waals surface area contributed by atoms with Crippen molar-refractivity contribution in [2.75, 3.05) is 32.7 Å². The van der Waals surface area contributed by atoms with Crippen LogP contribution in [0.4, 0.5) is 0 Å². The van der Waals surface area contributed by atoms with Crippen LogP contribution in [0.15, 0.2) is 0 Å². The van der Waals surface area contributed by atoms with Crippen LogP contribution in [0.1, 0.15) is 32.6 Å². The van der Waals surface area contributed by atoms with Crippen molar-refractivity contribution >= 4 is 17.9 Å². The minimum absolute atomic E-state index is 0.0724. The van der Waals surface area contributed by atoms with Crippen molar-refractivity contribution in [2.45, 2.75) is 50.2 Å². The fraction of sp³-hybridized carbons (Fsp3) is 0.812. The molecule has 0 radical (unpaired) electrons. The summed E-state index contributed by atoms with van der Waals surface area (Å²) < 4.78 is 0. The van der Waals surface area contributed by atoms with Gasteiger partial charge in [-0.05, 0) is 19.8 Å². The van der Waals surface area contributed by atoms with Crippen LogP contribution in [0.25, 0.3) is 0 Å². The van der Waals surface area contributed by atoms with Crippen molar-refractivity contribution in [3.63, 3.8) is 0 Å². The Morgan fingerprint density at radius 1 is 1.08 bits per heavy atom. The first-order valence-electron chi connectivity index (χ1n) is 8.59. The molecule has 1 saturated heterocycles. The molecule has 0 amide bonds. The highest BCUT2D eigenvalue weighted by Crippen LogP contribution is 2.29. The van der Waals surface area contributed by atoms with Crippen molar-refractivity contribution in [3.8, 4) is 0 Å². The van der Waals surface area contributed by atoms with Crippen molar-refractivity contribution < 1.29 is 29.7 Å². The lowest BCUT2D eigenvalue weighted by Crippen LogP contribution is -2.60. The van der Waals surface area contributed by atoms with Crippen LogP contribution in [0.3, 0.4) is 0 Å². The van der Waals surface area contributed by atoms with E-state index in [0.29, 0.717) is 13.1 Å². The second-order valence-electron chi connectivity index (χ2n) is 7.28. The quantitative estimate of drug-likeness (QED) is 0.477. The van der Waals surface area contributed by atoms with E-state index in [-0.39, 0.29) is 18.6 Å². The highest BCUT2D eigenvalue weighted by atomic mass is 16.4. The number of fused-ring (bicyclic) bond motifs is 1. The molecule has 2 rings (SSSR count). The van der Waals surface area contributed by atoms with Crippen LogP contribution >= 0.6 is 0 Å². The first kappa shape index (κ1) is 19.6. The first-order chi connectivity index (χ1) is 11.7. The van der Waals surface area contributed by atoms with Gasteiger partial charge in [-0.1, -0.05) is 12.8 Å². The highest BCUT2D eigenvalue weighted by Gasteiger charge is 2.43. The lowest BCUT2D eigenvalue weighted by molar-refractivity contribution is -0.146. The van der Waals surface area contributed by atoms with Gasteiger partial charge < -0.3 is 20.6 Å². The Kier molecular flexibility index (Phi) is 6.36. The van der Waals surface area contributed by atoms with Gasteiger partial charge in [-0.25, -0.2) is 0 Å². The fourth-order valence-corrected chi connectivity index (χ4v) is 4.07. The summed E-state index contributed by atoms with van der Waals surface area (Å²) in [6.45, 7) is 1.60. The Morgan fingerprint density at radius 2 is 1.68 bits per heavy atom. The molecular formula is C16H27N3O6. The van der Waals surface area contributed by atoms with Crippen LogP contribution in [0.5, 0.6) is 0 Å². The third-order valence-electron chi connectivity index (χ3n) is 5.24. The van der Waals surface area contributed by atoms with Gasteiger partial charge in [0.1, 0.15) is 0 Å². The van der Waals surface area contributed by atoms with E-state index in [1.165, 1.54) is 4.90 Å². The van der Waals surface area contributed by atoms with Crippen molar-refractivity contribution in [1.29, 1.82) is 0 Å². The molecule has 1 aliphatic heterocycles. The third-order valence-corrected chi connectivity index (χ3v) is 5.24. The number of nitrogens with zero attached hydrogens (tertiary/aromatic N) is 2. The van der Waals surface area contributed by atoms with E-state index in [1.54, 1.807) is 6.92 Å². The number of carboxylic acids is 3. The number of nitrogens with one attached hydrogen (secondary N) is 1. The van der Waals surface area contributed by atoms with Crippen molar-refractivity contribution in [2.24, 2.45) is 0 Å². The Balaban J connectivity index is 2.28. The Morgan fingerprint density at radius 3 is 2.24 bits per heavy atom. The second-order valence-corrected chi connectivity index (χ2v) is 7.28. The average Bonchev–Trinajstić information content (AvgIpc) is 2.64. The molecule has 0 aromatic carbocycles. The molecule has 142 valence electrons. The number of hydrogen-bond acceptors (Lipinski definition) is 6. The van der Waals surface area contributed by atoms with Gasteiger partial charge in [0.25, 0.3) is 0 Å². The Bertz CT molecular complexity index is 512. The van der Waals surface area contributed by atoms with E-state index in [1.807, 2.05) is 4.90 Å². The van der Waals surface area contributed by atoms with E-state index in [0.717, 1.165) is 25.7 Å². The monoisotopic (exact) mass is 357 g/mol. The summed E-state index contributed by atoms with van der Waals surface area (Å²) in [4.78, 5) is 37.0. The predicted octanol–water partition coefficient (Wildman–Crippen LogP) is -0.483. The topological polar surface area (TPSA) is 130 Å². The van der Waals surface area contributed by atoms with Gasteiger partial charge in [0, 0.05) is 30.7 Å². The summed E-state index contributed by atoms with van der Waals surface area (Å²) in [5.74, 6) is -3.14. The van der Waals surface area contributed by atoms with Gasteiger partial charge in [0.2, 0.25) is 0 Å². The fourth-order valence-electron chi connectivity index (χ4n) is 4.07. The zero-order valence-corrected chi connectivity index (χ0v) is 14.5. The van der Waals surface area contributed by atoms with Gasteiger partial charge in [0.05, 0.1) is 19.6 Å². The number of hydrogen-bond donors (Lipinski definition) is 4. The van der Waals surface area contributed by atoms with Crippen molar-refractivity contribution in [3.05, 3.63) is 0 Å². The highest BCUT2D eigenvalue weighted by molar-refractivity contribution is 5.73. The summed E-state index contributed by atoms with van der Waals surface area (Å²) in [5, 5.41) is 31.1. The molecule has 9 heteroatoms. The maximum absolute atomic E-state index is 11.3. The van der Waals surface area contributed by atoms with E-state index < -0.39 is 36.5 Å². The Hall–Kier alpha value is -1.71. The molecule has 1 heterocycles. The molecule has 4 N–H and O–H groups in total. The molecule has 1 saturated carbocycles. The van der Waals surface area contributed by atoms with Crippen LogP contribution in [0, 0.1) is 0 Å². The van der Waals surface area contributed by atoms with Gasteiger partial charge in [-0.3, -0.25) is 24.2 Å². The SMILES string of the molecule is CC1(N(CC(=O)O)CC(=O)O)CN[C@@H]2CCCC[C@H]2N(CC(=O)O)C1. The summed E-state index contributed by atoms with van der Waals surface area (Å²) in [5.41, 5.74) is -0.788. The number of carbonyl (C=O) groups is 3. The van der Waals surface area contributed by atoms with E-state index in [9.17, 15) is 19.5 Å². The van der Waals surface area contributed by atoms with Crippen LogP contribution in [-0.2, 0) is 14.4 Å². The van der Waals surface area contributed by atoms with Crippen molar-refractivity contribution in [1.82, 2.24) is 15.1 Å². The normalized spacial score (nSPS) is 30.5. The smallest absolute Gasteiger partial charge is 0.317 e. The number of aliphatic carboxylic acids is 3. The summed E-state index contributed by atoms with van der Waals surface area (Å²) in [7, 11) is 0. The van der Waals surface area contributed by atoms with E-state index >= 15 is 0 Å². The zero-order valence-electron chi connectivity index (χ0n) is 14.5. The minimum Gasteiger partial charge on any atom is -0.480 e. The standard InChI is InChI=1S/C16H27N3O6/c1-16(19(7-14(22)23)8-15(24)25)9-17-11-4-2-3-5-12(11)18(10-16)6-13(20)21/h11-12,17H,2-10H2,1H3,(H,20,21)(H,22,23)(H,24,25)/t11-,12-,16?/m1/s1. The molecule has 1 unspecified atom stereocenters. The molecule has 0 aromatic rings. The Labute approximate surface area is 146 Å². The van der Waals surface area contributed by atoms with Gasteiger partial charge in [-0.15, -0.1) is 0 Å². The molecule has 0 bridgehead atoms. The molecule has 9 nitrogen and oxygen atoms in total. The molecule has 0 aromatic heterocycles. The number of rotatable bonds is 7. The van der Waals surface area contributed by atoms with E-state index in [2.05, 4.69) is 5.32 Å². The lowest BCUT2D eigenvalue weighted by atomic mass is 9.89. The molecule has 2 fully saturated rings. The molecular weight excluding hydrogens is 330 g/mol. The molecule has 25 heavy (non-hydrogen) atoms. The van der Waals surface area contributed by atoms with Gasteiger partial charge in [-0.2, -0.15) is 0 Å². The summed E-state index contributed by atoms with van der Waals surface area (Å²) >= 11 is 0. The van der Waals surface area contributed by atoms with Crippen LogP contribution in [0.2, 0.25) is 0 Å². The second kappa shape index (κ2) is 8.11. The van der Waals surface area contributed by atoms with E-state index in [4.69, 9.17) is 10.2 Å². The summed E-state index contributed by atoms with van der Waals surface area (Å²) in [6, 6.07) is 0.217. The van der Waals surface area contributed by atoms with Crippen LogP contribution in [-0.4, -0.2) is 93.4 Å². The van der Waals surface area contributed by atoms with Gasteiger partial charge >= 0.3 is 17.9 Å². The predicted molar refractivity (Wildman–Crippen MR) is 88.5 cm³/mol. The zero-order chi connectivity index (χ0) is 18.6. The molecule has 1 aliphatic carbocycles. The molecule has 2 aliphatic rings. The maximum atomic E-state index is 11.3. The lowest BCUT2D eigenvalue weighted by Gasteiger charge is -2.42. The largest absolute Gasteiger partial charge is 0.480 e. The average molecular weight is 357 g/mol. The molecule has 3 atom stereocenters. The van der Waals surface area contributed by atoms with Crippen LogP contribution < -0.4 is 5.32 Å². The molecule has 0 spiro atoms. The minimum atomic E-state index is -1.10. The number of carboxylic acid groups (broad SMARTS) is 3.